The maximum atomic E-state index is 10.5. The van der Waals surface area contributed by atoms with Crippen LogP contribution in [0.25, 0.3) is 0 Å². The highest BCUT2D eigenvalue weighted by atomic mass is 16.8. The largest absolute Gasteiger partial charge is 0.387 e. The molecule has 0 aromatic heterocycles. The molecule has 2 aliphatic rings. The third kappa shape index (κ3) is 5.50. The van der Waals surface area contributed by atoms with Crippen molar-refractivity contribution >= 4 is 0 Å². The molecule has 0 radical (unpaired) electrons. The van der Waals surface area contributed by atoms with E-state index < -0.39 is 37.0 Å². The molecular formula is C21H32O6. The smallest absolute Gasteiger partial charge is 0.186 e. The molecule has 6 atom stereocenters. The molecule has 1 unspecified atom stereocenters. The zero-order valence-corrected chi connectivity index (χ0v) is 16.0. The molecule has 0 amide bonds. The van der Waals surface area contributed by atoms with Crippen molar-refractivity contribution in [2.24, 2.45) is 0 Å². The van der Waals surface area contributed by atoms with Gasteiger partial charge in [0, 0.05) is 12.2 Å². The van der Waals surface area contributed by atoms with E-state index in [2.05, 4.69) is 6.92 Å². The Morgan fingerprint density at radius 3 is 2.48 bits per heavy atom. The number of unbranched alkanes of at least 4 members (excludes halogenated alkanes) is 5. The van der Waals surface area contributed by atoms with Gasteiger partial charge in [-0.3, -0.25) is 0 Å². The van der Waals surface area contributed by atoms with E-state index in [1.54, 1.807) is 0 Å². The fraction of sp³-hybridized carbons (Fsp3) is 0.714. The van der Waals surface area contributed by atoms with Crippen LogP contribution in [0.3, 0.4) is 0 Å². The van der Waals surface area contributed by atoms with Crippen LogP contribution in [0, 0.1) is 0 Å². The van der Waals surface area contributed by atoms with Gasteiger partial charge in [-0.2, -0.15) is 0 Å². The summed E-state index contributed by atoms with van der Waals surface area (Å²) in [6.07, 6.45) is 2.22. The summed E-state index contributed by atoms with van der Waals surface area (Å²) >= 11 is 0. The van der Waals surface area contributed by atoms with Crippen molar-refractivity contribution < 1.29 is 29.2 Å². The minimum absolute atomic E-state index is 0.283. The second-order valence-corrected chi connectivity index (χ2v) is 7.34. The van der Waals surface area contributed by atoms with Crippen molar-refractivity contribution in [3.63, 3.8) is 0 Å². The van der Waals surface area contributed by atoms with Gasteiger partial charge in [-0.05, 0) is 6.42 Å². The molecule has 6 heteroatoms. The Bertz CT molecular complexity index is 537. The lowest BCUT2D eigenvalue weighted by Crippen LogP contribution is -2.62. The molecule has 3 rings (SSSR count). The maximum Gasteiger partial charge on any atom is 0.186 e. The van der Waals surface area contributed by atoms with Crippen LogP contribution in [-0.2, 0) is 18.9 Å². The van der Waals surface area contributed by atoms with Gasteiger partial charge in [0.1, 0.15) is 24.4 Å². The molecule has 2 N–H and O–H groups in total. The number of benzene rings is 1. The molecule has 0 bridgehead atoms. The third-order valence-corrected chi connectivity index (χ3v) is 5.19. The van der Waals surface area contributed by atoms with E-state index >= 15 is 0 Å². The molecule has 152 valence electrons. The normalized spacial score (nSPS) is 33.6. The van der Waals surface area contributed by atoms with E-state index in [1.807, 2.05) is 30.3 Å². The van der Waals surface area contributed by atoms with Crippen LogP contribution < -0.4 is 0 Å². The van der Waals surface area contributed by atoms with E-state index in [9.17, 15) is 10.2 Å². The molecule has 2 fully saturated rings. The van der Waals surface area contributed by atoms with E-state index in [0.717, 1.165) is 18.4 Å². The van der Waals surface area contributed by atoms with Crippen LogP contribution >= 0.6 is 0 Å². The average Bonchev–Trinajstić information content (AvgIpc) is 2.71. The summed E-state index contributed by atoms with van der Waals surface area (Å²) < 4.78 is 23.1. The van der Waals surface area contributed by atoms with E-state index in [4.69, 9.17) is 18.9 Å². The van der Waals surface area contributed by atoms with Crippen LogP contribution in [0.15, 0.2) is 30.3 Å². The molecule has 27 heavy (non-hydrogen) atoms. The Kier molecular flexibility index (Phi) is 8.06. The van der Waals surface area contributed by atoms with Crippen LogP contribution in [-0.4, -0.2) is 54.1 Å². The molecule has 2 aliphatic heterocycles. The number of aliphatic hydroxyl groups is 2. The topological polar surface area (TPSA) is 77.4 Å². The Balaban J connectivity index is 1.46. The summed E-state index contributed by atoms with van der Waals surface area (Å²) in [7, 11) is 0. The fourth-order valence-corrected chi connectivity index (χ4v) is 3.58. The first kappa shape index (κ1) is 20.7. The van der Waals surface area contributed by atoms with Gasteiger partial charge in [0.25, 0.3) is 0 Å². The predicted octanol–water partition coefficient (Wildman–Crippen LogP) is 2.92. The summed E-state index contributed by atoms with van der Waals surface area (Å²) in [5.41, 5.74) is 0.874. The van der Waals surface area contributed by atoms with Crippen molar-refractivity contribution in [2.75, 3.05) is 13.2 Å². The fourth-order valence-electron chi connectivity index (χ4n) is 3.58. The Morgan fingerprint density at radius 1 is 0.963 bits per heavy atom. The van der Waals surface area contributed by atoms with Crippen molar-refractivity contribution in [3.05, 3.63) is 35.9 Å². The third-order valence-electron chi connectivity index (χ3n) is 5.19. The van der Waals surface area contributed by atoms with Crippen LogP contribution in [0.2, 0.25) is 0 Å². The van der Waals surface area contributed by atoms with Gasteiger partial charge in [-0.25, -0.2) is 0 Å². The standard InChI is InChI=1S/C21H32O6/c1-2-3-4-5-6-10-13-24-21-18(23)17(22)19-16(26-21)14-25-20(27-19)15-11-8-7-9-12-15/h7-9,11-12,16-23H,2-6,10,13-14H2,1H3/t16-,17+,18-,19-,20?,21-/m1/s1. The van der Waals surface area contributed by atoms with Crippen LogP contribution in [0.4, 0.5) is 0 Å². The Morgan fingerprint density at radius 2 is 1.70 bits per heavy atom. The monoisotopic (exact) mass is 380 g/mol. The highest BCUT2D eigenvalue weighted by Crippen LogP contribution is 2.34. The number of aliphatic hydroxyl groups excluding tert-OH is 2. The van der Waals surface area contributed by atoms with Crippen molar-refractivity contribution in [2.45, 2.75) is 82.4 Å². The number of hydrogen-bond acceptors (Lipinski definition) is 6. The molecule has 6 nitrogen and oxygen atoms in total. The number of hydrogen-bond donors (Lipinski definition) is 2. The van der Waals surface area contributed by atoms with Crippen LogP contribution in [0.5, 0.6) is 0 Å². The van der Waals surface area contributed by atoms with Crippen LogP contribution in [0.1, 0.15) is 57.3 Å². The second-order valence-electron chi connectivity index (χ2n) is 7.34. The summed E-state index contributed by atoms with van der Waals surface area (Å²) in [6, 6.07) is 9.54. The highest BCUT2D eigenvalue weighted by molar-refractivity contribution is 5.16. The lowest BCUT2D eigenvalue weighted by molar-refractivity contribution is -0.361. The summed E-state index contributed by atoms with van der Waals surface area (Å²) in [5.74, 6) is 0. The molecular weight excluding hydrogens is 348 g/mol. The van der Waals surface area contributed by atoms with E-state index in [1.165, 1.54) is 25.7 Å². The molecule has 0 spiro atoms. The van der Waals surface area contributed by atoms with Crippen molar-refractivity contribution in [1.29, 1.82) is 0 Å². The van der Waals surface area contributed by atoms with Gasteiger partial charge >= 0.3 is 0 Å². The van der Waals surface area contributed by atoms with E-state index in [0.29, 0.717) is 6.61 Å². The minimum atomic E-state index is -1.14. The van der Waals surface area contributed by atoms with Gasteiger partial charge in [0.05, 0.1) is 6.61 Å². The van der Waals surface area contributed by atoms with Gasteiger partial charge in [0.2, 0.25) is 0 Å². The highest BCUT2D eigenvalue weighted by Gasteiger charge is 2.49. The van der Waals surface area contributed by atoms with Crippen molar-refractivity contribution in [3.8, 4) is 0 Å². The molecule has 0 aliphatic carbocycles. The number of fused-ring (bicyclic) bond motifs is 1. The lowest BCUT2D eigenvalue weighted by atomic mass is 9.98. The quantitative estimate of drug-likeness (QED) is 0.642. The molecule has 1 aromatic carbocycles. The second kappa shape index (κ2) is 10.5. The van der Waals surface area contributed by atoms with Gasteiger partial charge in [0.15, 0.2) is 12.6 Å². The first-order valence-electron chi connectivity index (χ1n) is 10.2. The Labute approximate surface area is 161 Å². The number of rotatable bonds is 9. The first-order chi connectivity index (χ1) is 13.2. The lowest BCUT2D eigenvalue weighted by Gasteiger charge is -2.46. The molecule has 0 saturated carbocycles. The maximum absolute atomic E-state index is 10.5. The van der Waals surface area contributed by atoms with E-state index in [-0.39, 0.29) is 6.61 Å². The zero-order valence-electron chi connectivity index (χ0n) is 16.0. The summed E-state index contributed by atoms with van der Waals surface area (Å²) in [5, 5.41) is 20.9. The number of ether oxygens (including phenoxy) is 4. The molecule has 1 aromatic rings. The van der Waals surface area contributed by atoms with Gasteiger partial charge in [-0.1, -0.05) is 69.4 Å². The summed E-state index contributed by atoms with van der Waals surface area (Å²) in [6.45, 7) is 2.99. The molecule has 2 heterocycles. The SMILES string of the molecule is CCCCCCCCO[C@@H]1O[C@@H]2COC(c3ccccc3)O[C@H]2[C@@H](O)[C@H]1O. The summed E-state index contributed by atoms with van der Waals surface area (Å²) in [4.78, 5) is 0. The van der Waals surface area contributed by atoms with Gasteiger partial charge in [-0.15, -0.1) is 0 Å². The average molecular weight is 380 g/mol. The van der Waals surface area contributed by atoms with Gasteiger partial charge < -0.3 is 29.2 Å². The zero-order chi connectivity index (χ0) is 19.1. The minimum Gasteiger partial charge on any atom is -0.387 e. The molecule has 2 saturated heterocycles. The predicted molar refractivity (Wildman–Crippen MR) is 100 cm³/mol. The Hall–Kier alpha value is -1.02. The first-order valence-corrected chi connectivity index (χ1v) is 10.2. The van der Waals surface area contributed by atoms with Crippen molar-refractivity contribution in [1.82, 2.24) is 0 Å².